The van der Waals surface area contributed by atoms with Crippen LogP contribution < -0.4 is 0 Å². The molecule has 0 saturated carbocycles. The van der Waals surface area contributed by atoms with Crippen LogP contribution in [0.25, 0.3) is 0 Å². The highest BCUT2D eigenvalue weighted by atomic mass is 16.5. The predicted molar refractivity (Wildman–Crippen MR) is 128 cm³/mol. The van der Waals surface area contributed by atoms with E-state index in [1.807, 2.05) is 0 Å². The molecule has 1 rings (SSSR count). The fourth-order valence-corrected chi connectivity index (χ4v) is 3.34. The van der Waals surface area contributed by atoms with E-state index >= 15 is 0 Å². The first-order valence-electron chi connectivity index (χ1n) is 12.1. The van der Waals surface area contributed by atoms with Gasteiger partial charge >= 0.3 is 5.97 Å². The Labute approximate surface area is 189 Å². The maximum Gasteiger partial charge on any atom is 0.305 e. The average Bonchev–Trinajstić information content (AvgIpc) is 2.76. The highest BCUT2D eigenvalue weighted by molar-refractivity contribution is 5.69. The molecule has 0 saturated heterocycles. The second-order valence-electron chi connectivity index (χ2n) is 8.13. The fourth-order valence-electron chi connectivity index (χ4n) is 3.34. The molecule has 0 heterocycles. The van der Waals surface area contributed by atoms with Gasteiger partial charge in [0.1, 0.15) is 0 Å². The van der Waals surface area contributed by atoms with Crippen molar-refractivity contribution in [3.63, 3.8) is 0 Å². The predicted octanol–water partition coefficient (Wildman–Crippen LogP) is 7.39. The maximum absolute atomic E-state index is 11.8. The molecule has 0 aromatic heterocycles. The Balaban J connectivity index is 1.89. The van der Waals surface area contributed by atoms with E-state index in [1.54, 1.807) is 12.1 Å². The van der Waals surface area contributed by atoms with E-state index in [4.69, 9.17) is 4.74 Å². The van der Waals surface area contributed by atoms with E-state index in [0.717, 1.165) is 31.2 Å². The molecule has 4 heteroatoms. The summed E-state index contributed by atoms with van der Waals surface area (Å²) in [4.78, 5) is 11.8. The number of rotatable bonds is 18. The lowest BCUT2D eigenvalue weighted by molar-refractivity contribution is -0.143. The van der Waals surface area contributed by atoms with Crippen LogP contribution in [0.5, 0.6) is 11.5 Å². The zero-order valence-corrected chi connectivity index (χ0v) is 19.4. The van der Waals surface area contributed by atoms with Crippen LogP contribution in [0.1, 0.15) is 96.0 Å². The van der Waals surface area contributed by atoms with Gasteiger partial charge in [-0.25, -0.2) is 0 Å². The van der Waals surface area contributed by atoms with Gasteiger partial charge in [-0.05, 0) is 69.1 Å². The van der Waals surface area contributed by atoms with E-state index < -0.39 is 0 Å². The van der Waals surface area contributed by atoms with Crippen molar-refractivity contribution in [1.82, 2.24) is 0 Å². The Hall–Kier alpha value is -2.23. The SMILES string of the molecule is CCCCC/C=C/C/C=C/CCCCCCCC(=O)OCCCc1ccc(O)c(O)c1. The van der Waals surface area contributed by atoms with Crippen molar-refractivity contribution in [2.24, 2.45) is 0 Å². The smallest absolute Gasteiger partial charge is 0.305 e. The number of benzene rings is 1. The number of allylic oxidation sites excluding steroid dienone is 4. The molecule has 1 aromatic carbocycles. The average molecular weight is 431 g/mol. The molecule has 0 bridgehead atoms. The van der Waals surface area contributed by atoms with Gasteiger partial charge in [0.2, 0.25) is 0 Å². The minimum Gasteiger partial charge on any atom is -0.504 e. The van der Waals surface area contributed by atoms with Gasteiger partial charge in [-0.2, -0.15) is 0 Å². The summed E-state index contributed by atoms with van der Waals surface area (Å²) in [5.74, 6) is -0.359. The van der Waals surface area contributed by atoms with Crippen LogP contribution in [-0.4, -0.2) is 22.8 Å². The Morgan fingerprint density at radius 3 is 2.23 bits per heavy atom. The van der Waals surface area contributed by atoms with Crippen molar-refractivity contribution in [1.29, 1.82) is 0 Å². The number of phenolic OH excluding ortho intramolecular Hbond substituents is 2. The maximum atomic E-state index is 11.8. The van der Waals surface area contributed by atoms with Crippen molar-refractivity contribution in [2.45, 2.75) is 96.8 Å². The van der Waals surface area contributed by atoms with Gasteiger partial charge in [-0.15, -0.1) is 0 Å². The first-order valence-corrected chi connectivity index (χ1v) is 12.1. The summed E-state index contributed by atoms with van der Waals surface area (Å²) in [6.45, 7) is 2.62. The van der Waals surface area contributed by atoms with Crippen LogP contribution >= 0.6 is 0 Å². The van der Waals surface area contributed by atoms with Crippen molar-refractivity contribution in [3.05, 3.63) is 48.1 Å². The van der Waals surface area contributed by atoms with E-state index in [2.05, 4.69) is 31.2 Å². The van der Waals surface area contributed by atoms with Crippen LogP contribution in [0.15, 0.2) is 42.5 Å². The second-order valence-corrected chi connectivity index (χ2v) is 8.13. The Morgan fingerprint density at radius 1 is 0.839 bits per heavy atom. The molecule has 0 unspecified atom stereocenters. The molecule has 0 radical (unpaired) electrons. The monoisotopic (exact) mass is 430 g/mol. The Morgan fingerprint density at radius 2 is 1.52 bits per heavy atom. The summed E-state index contributed by atoms with van der Waals surface area (Å²) >= 11 is 0. The Kier molecular flexibility index (Phi) is 16.0. The van der Waals surface area contributed by atoms with Gasteiger partial charge in [0.15, 0.2) is 11.5 Å². The van der Waals surface area contributed by atoms with E-state index in [9.17, 15) is 15.0 Å². The number of carbonyl (C=O) groups is 1. The number of unbranched alkanes of at least 4 members (excludes halogenated alkanes) is 8. The summed E-state index contributed by atoms with van der Waals surface area (Å²) in [5, 5.41) is 18.8. The van der Waals surface area contributed by atoms with E-state index in [0.29, 0.717) is 25.9 Å². The lowest BCUT2D eigenvalue weighted by Crippen LogP contribution is -2.06. The number of hydrogen-bond acceptors (Lipinski definition) is 4. The molecule has 0 atom stereocenters. The largest absolute Gasteiger partial charge is 0.504 e. The van der Waals surface area contributed by atoms with Crippen molar-refractivity contribution < 1.29 is 19.7 Å². The van der Waals surface area contributed by atoms with Gasteiger partial charge in [0, 0.05) is 6.42 Å². The zero-order valence-electron chi connectivity index (χ0n) is 19.4. The molecule has 0 aliphatic rings. The highest BCUT2D eigenvalue weighted by Gasteiger charge is 2.04. The third kappa shape index (κ3) is 15.3. The number of phenols is 2. The van der Waals surface area contributed by atoms with Crippen LogP contribution in [0, 0.1) is 0 Å². The van der Waals surface area contributed by atoms with Crippen molar-refractivity contribution in [2.75, 3.05) is 6.61 Å². The minimum absolute atomic E-state index is 0.115. The molecule has 0 aliphatic carbocycles. The van der Waals surface area contributed by atoms with Crippen LogP contribution in [0.2, 0.25) is 0 Å². The van der Waals surface area contributed by atoms with Crippen LogP contribution in [-0.2, 0) is 16.0 Å². The Bertz CT molecular complexity index is 649. The molecule has 31 heavy (non-hydrogen) atoms. The third-order valence-corrected chi connectivity index (χ3v) is 5.24. The van der Waals surface area contributed by atoms with Crippen LogP contribution in [0.3, 0.4) is 0 Å². The molecule has 0 fully saturated rings. The minimum atomic E-state index is -0.126. The molecular formula is C27H42O4. The number of ether oxygens (including phenoxy) is 1. The molecule has 0 amide bonds. The number of aromatic hydroxyl groups is 2. The molecule has 2 N–H and O–H groups in total. The standard InChI is InChI=1S/C27H42O4/c1-2-3-4-5-6-7-8-9-10-11-12-13-14-15-16-19-27(30)31-22-17-18-24-20-21-25(28)26(29)23-24/h6-7,9-10,20-21,23,28-29H,2-5,8,11-19,22H2,1H3/b7-6+,10-9+. The zero-order chi connectivity index (χ0) is 22.6. The van der Waals surface area contributed by atoms with E-state index in [-0.39, 0.29) is 17.5 Å². The lowest BCUT2D eigenvalue weighted by Gasteiger charge is -2.06. The molecular weight excluding hydrogens is 388 g/mol. The second kappa shape index (κ2) is 18.5. The van der Waals surface area contributed by atoms with Gasteiger partial charge in [-0.3, -0.25) is 4.79 Å². The van der Waals surface area contributed by atoms with Gasteiger partial charge in [0.25, 0.3) is 0 Å². The molecule has 174 valence electrons. The first-order chi connectivity index (χ1) is 15.1. The summed E-state index contributed by atoms with van der Waals surface area (Å²) < 4.78 is 5.27. The highest BCUT2D eigenvalue weighted by Crippen LogP contribution is 2.25. The molecule has 4 nitrogen and oxygen atoms in total. The summed E-state index contributed by atoms with van der Waals surface area (Å²) in [5.41, 5.74) is 0.917. The topological polar surface area (TPSA) is 66.8 Å². The summed E-state index contributed by atoms with van der Waals surface area (Å²) in [6.07, 6.45) is 23.9. The number of carbonyl (C=O) groups excluding carboxylic acids is 1. The number of aryl methyl sites for hydroxylation is 1. The van der Waals surface area contributed by atoms with Crippen molar-refractivity contribution >= 4 is 5.97 Å². The van der Waals surface area contributed by atoms with Gasteiger partial charge in [-0.1, -0.05) is 69.4 Å². The van der Waals surface area contributed by atoms with Gasteiger partial charge < -0.3 is 14.9 Å². The molecule has 0 aliphatic heterocycles. The molecule has 0 spiro atoms. The van der Waals surface area contributed by atoms with Crippen LogP contribution in [0.4, 0.5) is 0 Å². The molecule has 1 aromatic rings. The fraction of sp³-hybridized carbons (Fsp3) is 0.593. The lowest BCUT2D eigenvalue weighted by atomic mass is 10.1. The quantitative estimate of drug-likeness (QED) is 0.110. The van der Waals surface area contributed by atoms with Gasteiger partial charge in [0.05, 0.1) is 6.61 Å². The van der Waals surface area contributed by atoms with Crippen molar-refractivity contribution in [3.8, 4) is 11.5 Å². The number of hydrogen-bond donors (Lipinski definition) is 2. The normalized spacial score (nSPS) is 11.5. The third-order valence-electron chi connectivity index (χ3n) is 5.24. The summed E-state index contributed by atoms with van der Waals surface area (Å²) in [7, 11) is 0. The first kappa shape index (κ1) is 26.8. The number of esters is 1. The summed E-state index contributed by atoms with van der Waals surface area (Å²) in [6, 6.07) is 4.78. The van der Waals surface area contributed by atoms with E-state index in [1.165, 1.54) is 51.0 Å².